The Morgan fingerprint density at radius 2 is 2.32 bits per heavy atom. The van der Waals surface area contributed by atoms with E-state index in [9.17, 15) is 4.79 Å². The topological polar surface area (TPSA) is 79.8 Å². The molecule has 0 aliphatic carbocycles. The molecule has 2 aromatic heterocycles. The molecule has 0 unspecified atom stereocenters. The predicted molar refractivity (Wildman–Crippen MR) is 91.9 cm³/mol. The van der Waals surface area contributed by atoms with Crippen LogP contribution in [0.2, 0.25) is 5.15 Å². The summed E-state index contributed by atoms with van der Waals surface area (Å²) in [6.45, 7) is 4.75. The van der Waals surface area contributed by atoms with Crippen LogP contribution in [-0.4, -0.2) is 32.9 Å². The molecule has 2 N–H and O–H groups in total. The average molecular weight is 358 g/mol. The summed E-state index contributed by atoms with van der Waals surface area (Å²) < 4.78 is 0.749. The van der Waals surface area contributed by atoms with E-state index in [2.05, 4.69) is 32.7 Å². The van der Waals surface area contributed by atoms with Crippen LogP contribution < -0.4 is 10.6 Å². The van der Waals surface area contributed by atoms with Gasteiger partial charge in [-0.1, -0.05) is 41.6 Å². The van der Waals surface area contributed by atoms with Crippen molar-refractivity contribution in [3.05, 3.63) is 23.5 Å². The van der Waals surface area contributed by atoms with Gasteiger partial charge in [-0.3, -0.25) is 4.79 Å². The molecule has 0 saturated carbocycles. The third kappa shape index (κ3) is 4.82. The van der Waals surface area contributed by atoms with E-state index in [0.717, 1.165) is 22.4 Å². The maximum atomic E-state index is 12.2. The number of anilines is 2. The second-order valence-electron chi connectivity index (χ2n) is 4.39. The Labute approximate surface area is 142 Å². The van der Waals surface area contributed by atoms with Crippen molar-refractivity contribution in [2.24, 2.45) is 0 Å². The Morgan fingerprint density at radius 1 is 1.50 bits per heavy atom. The Hall–Kier alpha value is -1.38. The van der Waals surface area contributed by atoms with E-state index in [1.807, 2.05) is 6.92 Å². The van der Waals surface area contributed by atoms with Crippen LogP contribution in [0.4, 0.5) is 10.8 Å². The van der Waals surface area contributed by atoms with Gasteiger partial charge in [-0.05, 0) is 25.5 Å². The second-order valence-corrected chi connectivity index (χ2v) is 7.31. The summed E-state index contributed by atoms with van der Waals surface area (Å²) in [5.41, 5.74) is 0.504. The molecule has 0 aliphatic rings. The second kappa shape index (κ2) is 8.30. The molecule has 0 spiro atoms. The Balaban J connectivity index is 1.91. The molecule has 22 heavy (non-hydrogen) atoms. The van der Waals surface area contributed by atoms with Crippen LogP contribution in [-0.2, 0) is 4.79 Å². The fourth-order valence-corrected chi connectivity index (χ4v) is 3.57. The van der Waals surface area contributed by atoms with Crippen LogP contribution in [0.25, 0.3) is 0 Å². The number of hydrogen-bond donors (Lipinski definition) is 2. The van der Waals surface area contributed by atoms with E-state index < -0.39 is 0 Å². The maximum Gasteiger partial charge on any atom is 0.237 e. The Bertz CT molecular complexity index is 636. The summed E-state index contributed by atoms with van der Waals surface area (Å²) >= 11 is 8.72. The van der Waals surface area contributed by atoms with Crippen LogP contribution in [0.1, 0.15) is 20.3 Å². The van der Waals surface area contributed by atoms with Crippen LogP contribution in [0.3, 0.4) is 0 Å². The lowest BCUT2D eigenvalue weighted by Crippen LogP contribution is -2.22. The van der Waals surface area contributed by atoms with Gasteiger partial charge in [0, 0.05) is 12.7 Å². The highest BCUT2D eigenvalue weighted by atomic mass is 35.5. The molecular formula is C13H16ClN5OS2. The van der Waals surface area contributed by atoms with Gasteiger partial charge in [-0.2, -0.15) is 0 Å². The van der Waals surface area contributed by atoms with Gasteiger partial charge >= 0.3 is 0 Å². The molecule has 2 aromatic rings. The molecule has 0 fully saturated rings. The number of nitrogens with one attached hydrogen (secondary N) is 2. The summed E-state index contributed by atoms with van der Waals surface area (Å²) in [5, 5.41) is 14.8. The minimum atomic E-state index is -0.316. The first-order valence-electron chi connectivity index (χ1n) is 6.75. The molecule has 0 aromatic carbocycles. The van der Waals surface area contributed by atoms with Crippen molar-refractivity contribution in [1.82, 2.24) is 15.2 Å². The van der Waals surface area contributed by atoms with Crippen molar-refractivity contribution in [2.45, 2.75) is 29.9 Å². The molecule has 118 valence electrons. The summed E-state index contributed by atoms with van der Waals surface area (Å²) in [7, 11) is 0. The van der Waals surface area contributed by atoms with Crippen molar-refractivity contribution >= 4 is 51.4 Å². The highest BCUT2D eigenvalue weighted by molar-refractivity contribution is 8.02. The number of aromatic nitrogens is 3. The summed E-state index contributed by atoms with van der Waals surface area (Å²) in [6.07, 6.45) is 2.59. The molecule has 0 aliphatic heterocycles. The summed E-state index contributed by atoms with van der Waals surface area (Å²) in [4.78, 5) is 16.1. The third-order valence-corrected chi connectivity index (χ3v) is 4.96. The highest BCUT2D eigenvalue weighted by Gasteiger charge is 2.18. The van der Waals surface area contributed by atoms with E-state index in [0.29, 0.717) is 5.69 Å². The molecule has 1 amide bonds. The third-order valence-electron chi connectivity index (χ3n) is 2.60. The zero-order valence-corrected chi connectivity index (χ0v) is 14.6. The average Bonchev–Trinajstić information content (AvgIpc) is 2.94. The lowest BCUT2D eigenvalue weighted by molar-refractivity contribution is -0.115. The van der Waals surface area contributed by atoms with Crippen LogP contribution in [0.15, 0.2) is 22.7 Å². The van der Waals surface area contributed by atoms with E-state index in [-0.39, 0.29) is 16.3 Å². The van der Waals surface area contributed by atoms with Crippen molar-refractivity contribution in [3.63, 3.8) is 0 Å². The van der Waals surface area contributed by atoms with E-state index >= 15 is 0 Å². The lowest BCUT2D eigenvalue weighted by Gasteiger charge is -2.10. The lowest BCUT2D eigenvalue weighted by atomic mass is 10.4. The first kappa shape index (κ1) is 17.0. The van der Waals surface area contributed by atoms with E-state index in [1.54, 1.807) is 18.3 Å². The number of carbonyl (C=O) groups is 1. The van der Waals surface area contributed by atoms with Crippen molar-refractivity contribution in [3.8, 4) is 0 Å². The Kier molecular flexibility index (Phi) is 6.41. The molecule has 0 bridgehead atoms. The first-order chi connectivity index (χ1) is 10.6. The molecule has 6 nitrogen and oxygen atoms in total. The molecule has 0 radical (unpaired) electrons. The first-order valence-corrected chi connectivity index (χ1v) is 8.83. The fourth-order valence-electron chi connectivity index (χ4n) is 1.48. The van der Waals surface area contributed by atoms with Crippen molar-refractivity contribution < 1.29 is 4.79 Å². The largest absolute Gasteiger partial charge is 0.360 e. The molecular weight excluding hydrogens is 342 g/mol. The van der Waals surface area contributed by atoms with Crippen LogP contribution >= 0.6 is 34.7 Å². The molecule has 0 saturated heterocycles. The van der Waals surface area contributed by atoms with Gasteiger partial charge in [0.25, 0.3) is 0 Å². The van der Waals surface area contributed by atoms with Crippen LogP contribution in [0.5, 0.6) is 0 Å². The predicted octanol–water partition coefficient (Wildman–Crippen LogP) is 3.53. The number of hydrogen-bond acceptors (Lipinski definition) is 7. The van der Waals surface area contributed by atoms with Gasteiger partial charge in [0.1, 0.15) is 0 Å². The normalized spacial score (nSPS) is 12.0. The number of thioether (sulfide) groups is 1. The fraction of sp³-hybridized carbons (Fsp3) is 0.385. The Morgan fingerprint density at radius 3 is 3.05 bits per heavy atom. The smallest absolute Gasteiger partial charge is 0.237 e. The quantitative estimate of drug-likeness (QED) is 0.583. The zero-order chi connectivity index (χ0) is 15.9. The standard InChI is InChI=1S/C13H16ClN5OS2/c1-3-6-16-12-18-19-13(22-12)21-8(2)11(20)17-9-5-4-7-15-10(9)14/h4-5,7-8H,3,6H2,1-2H3,(H,16,18)(H,17,20)/t8-/m0/s1. The van der Waals surface area contributed by atoms with Crippen LogP contribution in [0, 0.1) is 0 Å². The van der Waals surface area contributed by atoms with E-state index in [1.165, 1.54) is 23.1 Å². The van der Waals surface area contributed by atoms with Gasteiger partial charge in [0.2, 0.25) is 11.0 Å². The summed E-state index contributed by atoms with van der Waals surface area (Å²) in [5.74, 6) is -0.154. The van der Waals surface area contributed by atoms with Gasteiger partial charge in [-0.15, -0.1) is 10.2 Å². The van der Waals surface area contributed by atoms with Gasteiger partial charge in [-0.25, -0.2) is 4.98 Å². The molecule has 2 rings (SSSR count). The zero-order valence-electron chi connectivity index (χ0n) is 12.2. The number of carbonyl (C=O) groups excluding carboxylic acids is 1. The minimum Gasteiger partial charge on any atom is -0.360 e. The summed E-state index contributed by atoms with van der Waals surface area (Å²) in [6, 6.07) is 3.43. The number of halogens is 1. The van der Waals surface area contributed by atoms with Crippen molar-refractivity contribution in [2.75, 3.05) is 17.2 Å². The highest BCUT2D eigenvalue weighted by Crippen LogP contribution is 2.29. The molecule has 2 heterocycles. The molecule has 1 atom stereocenters. The SMILES string of the molecule is CCCNc1nnc(S[C@@H](C)C(=O)Nc2cccnc2Cl)s1. The van der Waals surface area contributed by atoms with Gasteiger partial charge < -0.3 is 10.6 Å². The minimum absolute atomic E-state index is 0.154. The van der Waals surface area contributed by atoms with Gasteiger partial charge in [0.05, 0.1) is 10.9 Å². The molecule has 9 heteroatoms. The van der Waals surface area contributed by atoms with Crippen molar-refractivity contribution in [1.29, 1.82) is 0 Å². The number of amides is 1. The number of nitrogens with zero attached hydrogens (tertiary/aromatic N) is 3. The monoisotopic (exact) mass is 357 g/mol. The number of rotatable bonds is 7. The maximum absolute atomic E-state index is 12.2. The van der Waals surface area contributed by atoms with Gasteiger partial charge in [0.15, 0.2) is 9.49 Å². The van der Waals surface area contributed by atoms with E-state index in [4.69, 9.17) is 11.6 Å². The number of pyridine rings is 1.